The van der Waals surface area contributed by atoms with E-state index >= 15 is 0 Å². The zero-order valence-electron chi connectivity index (χ0n) is 11.9. The van der Waals surface area contributed by atoms with E-state index in [1.54, 1.807) is 12.4 Å². The standard InChI is InChI=1S/C17H19N3O/c21-17(20-16-7-4-8-18-12-16)15-9-14(10-19-11-15)13-5-2-1-3-6-13/h1-3,5-6,9-11,16,18H,4,7-8,12H2,(H,20,21). The van der Waals surface area contributed by atoms with Crippen LogP contribution in [0, 0.1) is 0 Å². The van der Waals surface area contributed by atoms with Crippen LogP contribution in [0.25, 0.3) is 11.1 Å². The van der Waals surface area contributed by atoms with Crippen LogP contribution in [0.2, 0.25) is 0 Å². The first-order valence-electron chi connectivity index (χ1n) is 7.35. The molecule has 1 atom stereocenters. The molecule has 1 unspecified atom stereocenters. The van der Waals surface area contributed by atoms with Gasteiger partial charge in [-0.1, -0.05) is 30.3 Å². The van der Waals surface area contributed by atoms with Crippen molar-refractivity contribution in [3.63, 3.8) is 0 Å². The lowest BCUT2D eigenvalue weighted by Gasteiger charge is -2.23. The van der Waals surface area contributed by atoms with Crippen molar-refractivity contribution in [3.05, 3.63) is 54.4 Å². The molecule has 2 aromatic rings. The quantitative estimate of drug-likeness (QED) is 0.907. The Morgan fingerprint density at radius 1 is 1.19 bits per heavy atom. The van der Waals surface area contributed by atoms with Crippen molar-refractivity contribution < 1.29 is 4.79 Å². The normalized spacial score (nSPS) is 18.2. The maximum Gasteiger partial charge on any atom is 0.253 e. The number of aromatic nitrogens is 1. The van der Waals surface area contributed by atoms with Crippen LogP contribution in [-0.4, -0.2) is 30.0 Å². The number of pyridine rings is 1. The smallest absolute Gasteiger partial charge is 0.253 e. The highest BCUT2D eigenvalue weighted by molar-refractivity contribution is 5.95. The van der Waals surface area contributed by atoms with E-state index in [0.717, 1.165) is 37.1 Å². The van der Waals surface area contributed by atoms with E-state index in [0.29, 0.717) is 5.56 Å². The minimum absolute atomic E-state index is 0.0472. The molecule has 4 heteroatoms. The summed E-state index contributed by atoms with van der Waals surface area (Å²) in [6.45, 7) is 1.88. The van der Waals surface area contributed by atoms with Crippen molar-refractivity contribution >= 4 is 5.91 Å². The van der Waals surface area contributed by atoms with E-state index in [2.05, 4.69) is 15.6 Å². The Balaban J connectivity index is 1.74. The minimum atomic E-state index is -0.0472. The van der Waals surface area contributed by atoms with E-state index in [4.69, 9.17) is 0 Å². The highest BCUT2D eigenvalue weighted by Gasteiger charge is 2.16. The number of carbonyl (C=O) groups excluding carboxylic acids is 1. The molecule has 108 valence electrons. The highest BCUT2D eigenvalue weighted by Crippen LogP contribution is 2.18. The maximum atomic E-state index is 12.3. The topological polar surface area (TPSA) is 54.0 Å². The number of hydrogen-bond acceptors (Lipinski definition) is 3. The summed E-state index contributed by atoms with van der Waals surface area (Å²) in [6.07, 6.45) is 5.55. The van der Waals surface area contributed by atoms with Gasteiger partial charge in [0.25, 0.3) is 5.91 Å². The summed E-state index contributed by atoms with van der Waals surface area (Å²) in [5.41, 5.74) is 2.64. The lowest BCUT2D eigenvalue weighted by atomic mass is 10.0. The first kappa shape index (κ1) is 13.8. The second-order valence-electron chi connectivity index (χ2n) is 5.35. The molecule has 1 fully saturated rings. The Hall–Kier alpha value is -2.20. The van der Waals surface area contributed by atoms with E-state index in [-0.39, 0.29) is 11.9 Å². The average Bonchev–Trinajstić information content (AvgIpc) is 2.57. The summed E-state index contributed by atoms with van der Waals surface area (Å²) in [4.78, 5) is 16.5. The minimum Gasteiger partial charge on any atom is -0.348 e. The number of nitrogens with zero attached hydrogens (tertiary/aromatic N) is 1. The second-order valence-corrected chi connectivity index (χ2v) is 5.35. The molecule has 1 aromatic carbocycles. The molecule has 1 aliphatic heterocycles. The van der Waals surface area contributed by atoms with Crippen molar-refractivity contribution in [1.29, 1.82) is 0 Å². The Labute approximate surface area is 124 Å². The monoisotopic (exact) mass is 281 g/mol. The molecule has 2 heterocycles. The molecule has 1 aliphatic rings. The van der Waals surface area contributed by atoms with Crippen molar-refractivity contribution in [3.8, 4) is 11.1 Å². The molecule has 3 rings (SSSR count). The Bertz CT molecular complexity index is 606. The number of amides is 1. The largest absolute Gasteiger partial charge is 0.348 e. The molecule has 0 aliphatic carbocycles. The highest BCUT2D eigenvalue weighted by atomic mass is 16.1. The van der Waals surface area contributed by atoms with Gasteiger partial charge in [-0.3, -0.25) is 9.78 Å². The van der Waals surface area contributed by atoms with E-state index in [9.17, 15) is 4.79 Å². The number of benzene rings is 1. The predicted molar refractivity (Wildman–Crippen MR) is 83.0 cm³/mol. The molecule has 21 heavy (non-hydrogen) atoms. The lowest BCUT2D eigenvalue weighted by Crippen LogP contribution is -2.45. The van der Waals surface area contributed by atoms with Crippen molar-refractivity contribution in [2.45, 2.75) is 18.9 Å². The van der Waals surface area contributed by atoms with Gasteiger partial charge in [0.2, 0.25) is 0 Å². The van der Waals surface area contributed by atoms with Crippen LogP contribution in [0.4, 0.5) is 0 Å². The molecule has 2 N–H and O–H groups in total. The molecule has 0 radical (unpaired) electrons. The second kappa shape index (κ2) is 6.50. The number of hydrogen-bond donors (Lipinski definition) is 2. The molecule has 0 spiro atoms. The third-order valence-electron chi connectivity index (χ3n) is 3.74. The first-order chi connectivity index (χ1) is 10.3. The third-order valence-corrected chi connectivity index (χ3v) is 3.74. The summed E-state index contributed by atoms with van der Waals surface area (Å²) in [6, 6.07) is 12.1. The van der Waals surface area contributed by atoms with Gasteiger partial charge < -0.3 is 10.6 Å². The molecule has 1 amide bonds. The van der Waals surface area contributed by atoms with Gasteiger partial charge in [-0.2, -0.15) is 0 Å². The Morgan fingerprint density at radius 2 is 2.05 bits per heavy atom. The summed E-state index contributed by atoms with van der Waals surface area (Å²) in [7, 11) is 0. The molecular formula is C17H19N3O. The van der Waals surface area contributed by atoms with Crippen LogP contribution in [0.15, 0.2) is 48.8 Å². The molecule has 0 saturated carbocycles. The van der Waals surface area contributed by atoms with Gasteiger partial charge in [0.15, 0.2) is 0 Å². The molecule has 1 aromatic heterocycles. The number of carbonyl (C=O) groups is 1. The van der Waals surface area contributed by atoms with Gasteiger partial charge in [0.05, 0.1) is 5.56 Å². The van der Waals surface area contributed by atoms with Gasteiger partial charge in [-0.05, 0) is 31.0 Å². The van der Waals surface area contributed by atoms with Gasteiger partial charge in [0, 0.05) is 30.5 Å². The molecule has 4 nitrogen and oxygen atoms in total. The fraction of sp³-hybridized carbons (Fsp3) is 0.294. The molecule has 0 bridgehead atoms. The van der Waals surface area contributed by atoms with Gasteiger partial charge >= 0.3 is 0 Å². The molecular weight excluding hydrogens is 262 g/mol. The average molecular weight is 281 g/mol. The van der Waals surface area contributed by atoms with Gasteiger partial charge in [0.1, 0.15) is 0 Å². The van der Waals surface area contributed by atoms with E-state index < -0.39 is 0 Å². The van der Waals surface area contributed by atoms with Crippen molar-refractivity contribution in [2.24, 2.45) is 0 Å². The van der Waals surface area contributed by atoms with Crippen molar-refractivity contribution in [2.75, 3.05) is 13.1 Å². The van der Waals surface area contributed by atoms with Gasteiger partial charge in [-0.15, -0.1) is 0 Å². The number of nitrogens with one attached hydrogen (secondary N) is 2. The fourth-order valence-corrected chi connectivity index (χ4v) is 2.60. The van der Waals surface area contributed by atoms with Crippen LogP contribution in [-0.2, 0) is 0 Å². The summed E-state index contributed by atoms with van der Waals surface area (Å²) in [5, 5.41) is 6.37. The van der Waals surface area contributed by atoms with Gasteiger partial charge in [-0.25, -0.2) is 0 Å². The summed E-state index contributed by atoms with van der Waals surface area (Å²) < 4.78 is 0. The Morgan fingerprint density at radius 3 is 2.81 bits per heavy atom. The van der Waals surface area contributed by atoms with Crippen LogP contribution in [0.3, 0.4) is 0 Å². The summed E-state index contributed by atoms with van der Waals surface area (Å²) >= 11 is 0. The molecule has 1 saturated heterocycles. The predicted octanol–water partition coefficient (Wildman–Crippen LogP) is 2.23. The first-order valence-corrected chi connectivity index (χ1v) is 7.35. The SMILES string of the molecule is O=C(NC1CCCNC1)c1cncc(-c2ccccc2)c1. The lowest BCUT2D eigenvalue weighted by molar-refractivity contribution is 0.0930. The Kier molecular flexibility index (Phi) is 4.26. The van der Waals surface area contributed by atoms with Crippen molar-refractivity contribution in [1.82, 2.24) is 15.6 Å². The van der Waals surface area contributed by atoms with Crippen LogP contribution in [0.5, 0.6) is 0 Å². The maximum absolute atomic E-state index is 12.3. The zero-order chi connectivity index (χ0) is 14.5. The van der Waals surface area contributed by atoms with E-state index in [1.165, 1.54) is 0 Å². The van der Waals surface area contributed by atoms with E-state index in [1.807, 2.05) is 36.4 Å². The van der Waals surface area contributed by atoms with Crippen LogP contribution in [0.1, 0.15) is 23.2 Å². The summed E-state index contributed by atoms with van der Waals surface area (Å²) in [5.74, 6) is -0.0472. The van der Waals surface area contributed by atoms with Crippen LogP contribution < -0.4 is 10.6 Å². The number of rotatable bonds is 3. The number of piperidine rings is 1. The third kappa shape index (κ3) is 3.47. The fourth-order valence-electron chi connectivity index (χ4n) is 2.60. The zero-order valence-corrected chi connectivity index (χ0v) is 11.9. The van der Waals surface area contributed by atoms with Crippen LogP contribution >= 0.6 is 0 Å².